The molecule has 0 spiro atoms. The van der Waals surface area contributed by atoms with Crippen LogP contribution in [-0.4, -0.2) is 38.6 Å². The van der Waals surface area contributed by atoms with E-state index in [-0.39, 0.29) is 24.2 Å². The van der Waals surface area contributed by atoms with Gasteiger partial charge in [0.25, 0.3) is 0 Å². The third kappa shape index (κ3) is 4.60. The number of aliphatic hydroxyl groups is 1. The maximum atomic E-state index is 13.5. The second-order valence-electron chi connectivity index (χ2n) is 3.91. The molecule has 0 saturated heterocycles. The van der Waals surface area contributed by atoms with E-state index in [1.165, 1.54) is 13.2 Å². The molecule has 0 aliphatic rings. The largest absolute Gasteiger partial charge is 0.494 e. The molecule has 5 heteroatoms. The maximum Gasteiger partial charge on any atom is 0.165 e. The Morgan fingerprint density at radius 2 is 2.17 bits per heavy atom. The van der Waals surface area contributed by atoms with E-state index in [2.05, 4.69) is 5.32 Å². The highest BCUT2D eigenvalue weighted by atomic mass is 19.1. The Bertz CT molecular complexity index is 360. The summed E-state index contributed by atoms with van der Waals surface area (Å²) < 4.78 is 23.5. The van der Waals surface area contributed by atoms with Crippen molar-refractivity contribution in [3.63, 3.8) is 0 Å². The predicted octanol–water partition coefficient (Wildman–Crippen LogP) is 1.49. The molecule has 1 aromatic rings. The zero-order valence-electron chi connectivity index (χ0n) is 10.8. The van der Waals surface area contributed by atoms with Gasteiger partial charge >= 0.3 is 0 Å². The molecule has 0 aliphatic carbocycles. The van der Waals surface area contributed by atoms with Crippen molar-refractivity contribution in [3.8, 4) is 5.75 Å². The van der Waals surface area contributed by atoms with Gasteiger partial charge in [0.1, 0.15) is 0 Å². The molecule has 1 unspecified atom stereocenters. The van der Waals surface area contributed by atoms with Crippen LogP contribution in [0.3, 0.4) is 0 Å². The molecule has 0 bridgehead atoms. The van der Waals surface area contributed by atoms with Gasteiger partial charge in [0.2, 0.25) is 0 Å². The molecule has 1 rings (SSSR count). The minimum atomic E-state index is -0.361. The van der Waals surface area contributed by atoms with Gasteiger partial charge in [-0.05, 0) is 24.6 Å². The van der Waals surface area contributed by atoms with Crippen LogP contribution in [0.4, 0.5) is 4.39 Å². The lowest BCUT2D eigenvalue weighted by Crippen LogP contribution is -2.23. The fourth-order valence-corrected chi connectivity index (χ4v) is 1.58. The molecule has 1 atom stereocenters. The highest BCUT2D eigenvalue weighted by Gasteiger charge is 2.08. The monoisotopic (exact) mass is 257 g/mol. The van der Waals surface area contributed by atoms with Crippen LogP contribution in [0.2, 0.25) is 0 Å². The second-order valence-corrected chi connectivity index (χ2v) is 3.91. The lowest BCUT2D eigenvalue weighted by atomic mass is 10.1. The van der Waals surface area contributed by atoms with Crippen LogP contribution in [0.1, 0.15) is 18.5 Å². The molecular weight excluding hydrogens is 237 g/mol. The number of methoxy groups -OCH3 is 1. The summed E-state index contributed by atoms with van der Waals surface area (Å²) in [5.41, 5.74) is 0.857. The van der Waals surface area contributed by atoms with Gasteiger partial charge in [0.05, 0.1) is 26.9 Å². The summed E-state index contributed by atoms with van der Waals surface area (Å²) in [5, 5.41) is 11.7. The first kappa shape index (κ1) is 14.9. The first-order chi connectivity index (χ1) is 8.69. The van der Waals surface area contributed by atoms with Gasteiger partial charge in [-0.25, -0.2) is 4.39 Å². The summed E-state index contributed by atoms with van der Waals surface area (Å²) in [7, 11) is 1.44. The first-order valence-electron chi connectivity index (χ1n) is 5.94. The van der Waals surface area contributed by atoms with Crippen LogP contribution in [-0.2, 0) is 4.74 Å². The average molecular weight is 257 g/mol. The molecule has 0 amide bonds. The lowest BCUT2D eigenvalue weighted by molar-refractivity contribution is 0.0928. The molecule has 0 aromatic heterocycles. The molecular formula is C13H20FNO3. The Labute approximate surface area is 107 Å². The average Bonchev–Trinajstić information content (AvgIpc) is 2.38. The van der Waals surface area contributed by atoms with E-state index in [0.29, 0.717) is 19.8 Å². The van der Waals surface area contributed by atoms with Crippen molar-refractivity contribution < 1.29 is 19.0 Å². The van der Waals surface area contributed by atoms with Crippen LogP contribution in [0, 0.1) is 5.82 Å². The maximum absolute atomic E-state index is 13.5. The molecule has 0 fully saturated rings. The van der Waals surface area contributed by atoms with E-state index in [1.807, 2.05) is 13.0 Å². The van der Waals surface area contributed by atoms with Gasteiger partial charge in [0.15, 0.2) is 11.6 Å². The lowest BCUT2D eigenvalue weighted by Gasteiger charge is -2.15. The Balaban J connectivity index is 2.41. The first-order valence-corrected chi connectivity index (χ1v) is 5.94. The minimum Gasteiger partial charge on any atom is -0.494 e. The Kier molecular flexibility index (Phi) is 6.64. The number of aliphatic hydroxyl groups excluding tert-OH is 1. The predicted molar refractivity (Wildman–Crippen MR) is 67.3 cm³/mol. The summed E-state index contributed by atoms with van der Waals surface area (Å²) in [6, 6.07) is 4.94. The highest BCUT2D eigenvalue weighted by Crippen LogP contribution is 2.21. The van der Waals surface area contributed by atoms with Gasteiger partial charge in [-0.2, -0.15) is 0 Å². The van der Waals surface area contributed by atoms with E-state index in [1.54, 1.807) is 6.07 Å². The zero-order chi connectivity index (χ0) is 13.4. The van der Waals surface area contributed by atoms with Gasteiger partial charge < -0.3 is 19.9 Å². The Morgan fingerprint density at radius 3 is 2.78 bits per heavy atom. The summed E-state index contributed by atoms with van der Waals surface area (Å²) in [6.07, 6.45) is 0. The van der Waals surface area contributed by atoms with Gasteiger partial charge in [-0.3, -0.25) is 0 Å². The summed E-state index contributed by atoms with van der Waals surface area (Å²) in [5.74, 6) is -0.114. The van der Waals surface area contributed by atoms with E-state index in [4.69, 9.17) is 14.6 Å². The molecule has 0 radical (unpaired) electrons. The third-order valence-corrected chi connectivity index (χ3v) is 2.61. The zero-order valence-corrected chi connectivity index (χ0v) is 10.8. The fraction of sp³-hybridized carbons (Fsp3) is 0.538. The Hall–Kier alpha value is -1.17. The van der Waals surface area contributed by atoms with E-state index >= 15 is 0 Å². The van der Waals surface area contributed by atoms with Crippen molar-refractivity contribution in [3.05, 3.63) is 29.6 Å². The van der Waals surface area contributed by atoms with E-state index < -0.39 is 0 Å². The van der Waals surface area contributed by atoms with Crippen LogP contribution < -0.4 is 10.1 Å². The topological polar surface area (TPSA) is 50.7 Å². The number of benzene rings is 1. The normalized spacial score (nSPS) is 12.4. The molecule has 1 aromatic carbocycles. The quantitative estimate of drug-likeness (QED) is 0.693. The number of ether oxygens (including phenoxy) is 2. The number of hydrogen-bond acceptors (Lipinski definition) is 4. The molecule has 102 valence electrons. The van der Waals surface area contributed by atoms with Crippen molar-refractivity contribution in [1.29, 1.82) is 0 Å². The van der Waals surface area contributed by atoms with Gasteiger partial charge in [-0.15, -0.1) is 0 Å². The summed E-state index contributed by atoms with van der Waals surface area (Å²) in [4.78, 5) is 0. The van der Waals surface area contributed by atoms with Crippen LogP contribution in [0.5, 0.6) is 5.75 Å². The van der Waals surface area contributed by atoms with Crippen LogP contribution in [0.15, 0.2) is 18.2 Å². The summed E-state index contributed by atoms with van der Waals surface area (Å²) in [6.45, 7) is 3.48. The molecule has 4 nitrogen and oxygen atoms in total. The number of nitrogens with one attached hydrogen (secondary N) is 1. The smallest absolute Gasteiger partial charge is 0.165 e. The van der Waals surface area contributed by atoms with Crippen molar-refractivity contribution in [1.82, 2.24) is 5.32 Å². The second kappa shape index (κ2) is 8.02. The van der Waals surface area contributed by atoms with Gasteiger partial charge in [0, 0.05) is 12.6 Å². The van der Waals surface area contributed by atoms with Crippen molar-refractivity contribution in [2.24, 2.45) is 0 Å². The number of halogens is 1. The molecule has 0 heterocycles. The fourth-order valence-electron chi connectivity index (χ4n) is 1.58. The summed E-state index contributed by atoms with van der Waals surface area (Å²) >= 11 is 0. The molecule has 0 aliphatic heterocycles. The molecule has 18 heavy (non-hydrogen) atoms. The molecule has 2 N–H and O–H groups in total. The standard InChI is InChI=1S/C13H20FNO3/c1-10(15-5-7-18-8-6-16)11-3-4-13(17-2)12(14)9-11/h3-4,9-10,15-16H,5-8H2,1-2H3. The third-order valence-electron chi connectivity index (χ3n) is 2.61. The minimum absolute atomic E-state index is 0.0270. The van der Waals surface area contributed by atoms with Crippen molar-refractivity contribution >= 4 is 0 Å². The number of rotatable bonds is 8. The number of hydrogen-bond donors (Lipinski definition) is 2. The van der Waals surface area contributed by atoms with Crippen molar-refractivity contribution in [2.75, 3.05) is 33.5 Å². The van der Waals surface area contributed by atoms with E-state index in [0.717, 1.165) is 5.56 Å². The SMILES string of the molecule is COc1ccc(C(C)NCCOCCO)cc1F. The van der Waals surface area contributed by atoms with E-state index in [9.17, 15) is 4.39 Å². The van der Waals surface area contributed by atoms with Crippen molar-refractivity contribution in [2.45, 2.75) is 13.0 Å². The molecule has 0 saturated carbocycles. The van der Waals surface area contributed by atoms with Gasteiger partial charge in [-0.1, -0.05) is 6.07 Å². The van der Waals surface area contributed by atoms with Crippen LogP contribution in [0.25, 0.3) is 0 Å². The Morgan fingerprint density at radius 1 is 1.39 bits per heavy atom. The highest BCUT2D eigenvalue weighted by molar-refractivity contribution is 5.30. The van der Waals surface area contributed by atoms with Crippen LogP contribution >= 0.6 is 0 Å².